The molecule has 150 valence electrons. The first-order valence-corrected chi connectivity index (χ1v) is 12.4. The third-order valence-corrected chi connectivity index (χ3v) is 9.23. The second-order valence-corrected chi connectivity index (χ2v) is 11.7. The number of amides is 1. The lowest BCUT2D eigenvalue weighted by atomic mass is 9.96. The Labute approximate surface area is 161 Å². The highest BCUT2D eigenvalue weighted by Gasteiger charge is 2.37. The maximum atomic E-state index is 12.8. The Kier molecular flexibility index (Phi) is 5.65. The van der Waals surface area contributed by atoms with Gasteiger partial charge in [0.05, 0.1) is 16.4 Å². The van der Waals surface area contributed by atoms with Gasteiger partial charge in [-0.1, -0.05) is 17.7 Å². The number of piperidine rings is 1. The van der Waals surface area contributed by atoms with Crippen LogP contribution in [0.15, 0.2) is 29.2 Å². The highest BCUT2D eigenvalue weighted by atomic mass is 32.2. The van der Waals surface area contributed by atoms with Crippen molar-refractivity contribution in [2.24, 2.45) is 5.92 Å². The summed E-state index contributed by atoms with van der Waals surface area (Å²) < 4.78 is 50.2. The quantitative estimate of drug-likeness (QED) is 0.734. The zero-order chi connectivity index (χ0) is 19.8. The SMILES string of the molecule is Cc1ccc(S(=O)(=O)N2CCC(C(=O)N(C)[C@@H]3CCS(=O)(=O)C3)CC2)cc1. The summed E-state index contributed by atoms with van der Waals surface area (Å²) in [6.07, 6.45) is 1.38. The van der Waals surface area contributed by atoms with E-state index >= 15 is 0 Å². The first kappa shape index (κ1) is 20.3. The number of sulfone groups is 1. The number of aryl methyl sites for hydroxylation is 1. The number of hydrogen-bond acceptors (Lipinski definition) is 5. The van der Waals surface area contributed by atoms with E-state index in [2.05, 4.69) is 0 Å². The topological polar surface area (TPSA) is 91.8 Å². The molecule has 0 saturated carbocycles. The van der Waals surface area contributed by atoms with E-state index < -0.39 is 19.9 Å². The number of rotatable bonds is 4. The predicted octanol–water partition coefficient (Wildman–Crippen LogP) is 1.04. The van der Waals surface area contributed by atoms with Crippen molar-refractivity contribution in [2.45, 2.75) is 37.1 Å². The molecular weight excluding hydrogens is 388 g/mol. The van der Waals surface area contributed by atoms with Gasteiger partial charge in [0.2, 0.25) is 15.9 Å². The number of sulfonamides is 1. The molecule has 1 atom stereocenters. The minimum atomic E-state index is -3.55. The van der Waals surface area contributed by atoms with E-state index in [-0.39, 0.29) is 34.3 Å². The first-order valence-electron chi connectivity index (χ1n) is 9.14. The third-order valence-electron chi connectivity index (χ3n) is 5.57. The van der Waals surface area contributed by atoms with Crippen LogP contribution in [-0.2, 0) is 24.7 Å². The van der Waals surface area contributed by atoms with Crippen LogP contribution in [0.2, 0.25) is 0 Å². The number of hydrogen-bond donors (Lipinski definition) is 0. The first-order chi connectivity index (χ1) is 12.6. The van der Waals surface area contributed by atoms with E-state index in [0.29, 0.717) is 32.4 Å². The van der Waals surface area contributed by atoms with Gasteiger partial charge in [0.1, 0.15) is 0 Å². The Morgan fingerprint density at radius 1 is 1.11 bits per heavy atom. The summed E-state index contributed by atoms with van der Waals surface area (Å²) in [6, 6.07) is 6.49. The smallest absolute Gasteiger partial charge is 0.243 e. The molecule has 3 rings (SSSR count). The molecule has 2 aliphatic rings. The Morgan fingerprint density at radius 2 is 1.70 bits per heavy atom. The van der Waals surface area contributed by atoms with E-state index in [9.17, 15) is 21.6 Å². The monoisotopic (exact) mass is 414 g/mol. The summed E-state index contributed by atoms with van der Waals surface area (Å²) in [4.78, 5) is 14.5. The molecule has 1 aromatic carbocycles. The summed E-state index contributed by atoms with van der Waals surface area (Å²) in [5.41, 5.74) is 0.996. The van der Waals surface area contributed by atoms with E-state index in [0.717, 1.165) is 5.56 Å². The molecule has 9 heteroatoms. The van der Waals surface area contributed by atoms with Crippen LogP contribution in [-0.4, -0.2) is 69.6 Å². The molecule has 2 aliphatic heterocycles. The second-order valence-electron chi connectivity index (χ2n) is 7.50. The van der Waals surface area contributed by atoms with E-state index in [1.54, 1.807) is 36.2 Å². The summed E-state index contributed by atoms with van der Waals surface area (Å²) >= 11 is 0. The maximum absolute atomic E-state index is 12.8. The fourth-order valence-electron chi connectivity index (χ4n) is 3.75. The molecular formula is C18H26N2O5S2. The van der Waals surface area contributed by atoms with Crippen LogP contribution in [0.4, 0.5) is 0 Å². The molecule has 1 aromatic rings. The Balaban J connectivity index is 1.61. The van der Waals surface area contributed by atoms with E-state index in [1.165, 1.54) is 4.31 Å². The average Bonchev–Trinajstić information content (AvgIpc) is 3.01. The molecule has 2 heterocycles. The van der Waals surface area contributed by atoms with Crippen molar-refractivity contribution in [1.29, 1.82) is 0 Å². The molecule has 0 bridgehead atoms. The highest BCUT2D eigenvalue weighted by molar-refractivity contribution is 7.91. The van der Waals surface area contributed by atoms with Gasteiger partial charge < -0.3 is 4.90 Å². The minimum Gasteiger partial charge on any atom is -0.341 e. The lowest BCUT2D eigenvalue weighted by molar-refractivity contribution is -0.137. The van der Waals surface area contributed by atoms with Gasteiger partial charge in [-0.2, -0.15) is 4.31 Å². The van der Waals surface area contributed by atoms with Gasteiger partial charge in [0, 0.05) is 32.1 Å². The van der Waals surface area contributed by atoms with Crippen LogP contribution in [0.25, 0.3) is 0 Å². The molecule has 0 radical (unpaired) electrons. The van der Waals surface area contributed by atoms with Gasteiger partial charge in [0.25, 0.3) is 0 Å². The van der Waals surface area contributed by atoms with Crippen molar-refractivity contribution in [1.82, 2.24) is 9.21 Å². The summed E-state index contributed by atoms with van der Waals surface area (Å²) in [7, 11) is -4.94. The molecule has 0 unspecified atom stereocenters. The number of nitrogens with zero attached hydrogens (tertiary/aromatic N) is 2. The predicted molar refractivity (Wildman–Crippen MR) is 102 cm³/mol. The van der Waals surface area contributed by atoms with Gasteiger partial charge in [-0.15, -0.1) is 0 Å². The standard InChI is InChI=1S/C18H26N2O5S2/c1-14-3-5-17(6-4-14)27(24,25)20-10-7-15(8-11-20)18(21)19(2)16-9-12-26(22,23)13-16/h3-6,15-16H,7-13H2,1-2H3/t16-/m1/s1. The van der Waals surface area contributed by atoms with Crippen molar-refractivity contribution >= 4 is 25.8 Å². The molecule has 7 nitrogen and oxygen atoms in total. The lowest BCUT2D eigenvalue weighted by Crippen LogP contribution is -2.46. The zero-order valence-electron chi connectivity index (χ0n) is 15.7. The molecule has 0 aliphatic carbocycles. The molecule has 0 spiro atoms. The molecule has 2 saturated heterocycles. The van der Waals surface area contributed by atoms with Gasteiger partial charge >= 0.3 is 0 Å². The highest BCUT2D eigenvalue weighted by Crippen LogP contribution is 2.27. The Bertz CT molecular complexity index is 902. The van der Waals surface area contributed by atoms with Crippen molar-refractivity contribution in [3.8, 4) is 0 Å². The summed E-state index contributed by atoms with van der Waals surface area (Å²) in [6.45, 7) is 2.49. The van der Waals surface area contributed by atoms with E-state index in [4.69, 9.17) is 0 Å². The van der Waals surface area contributed by atoms with Gasteiger partial charge in [-0.05, 0) is 38.3 Å². The van der Waals surface area contributed by atoms with Crippen LogP contribution in [0.1, 0.15) is 24.8 Å². The molecule has 1 amide bonds. The minimum absolute atomic E-state index is 0.0237. The third kappa shape index (κ3) is 4.35. The number of carbonyl (C=O) groups is 1. The largest absolute Gasteiger partial charge is 0.341 e. The fourth-order valence-corrected chi connectivity index (χ4v) is 7.00. The Morgan fingerprint density at radius 3 is 2.22 bits per heavy atom. The molecule has 27 heavy (non-hydrogen) atoms. The van der Waals surface area contributed by atoms with Crippen molar-refractivity contribution < 1.29 is 21.6 Å². The summed E-state index contributed by atoms with van der Waals surface area (Å²) in [5.74, 6) is -0.189. The average molecular weight is 415 g/mol. The lowest BCUT2D eigenvalue weighted by Gasteiger charge is -2.34. The van der Waals surface area contributed by atoms with Crippen LogP contribution in [0.3, 0.4) is 0 Å². The Hall–Kier alpha value is -1.45. The normalized spacial score (nSPS) is 24.0. The van der Waals surface area contributed by atoms with Crippen LogP contribution in [0.5, 0.6) is 0 Å². The summed E-state index contributed by atoms with van der Waals surface area (Å²) in [5, 5.41) is 0. The molecule has 2 fully saturated rings. The van der Waals surface area contributed by atoms with Gasteiger partial charge in [-0.3, -0.25) is 4.79 Å². The van der Waals surface area contributed by atoms with Crippen molar-refractivity contribution in [3.63, 3.8) is 0 Å². The van der Waals surface area contributed by atoms with Gasteiger partial charge in [-0.25, -0.2) is 16.8 Å². The fraction of sp³-hybridized carbons (Fsp3) is 0.611. The van der Waals surface area contributed by atoms with Crippen molar-refractivity contribution in [2.75, 3.05) is 31.6 Å². The van der Waals surface area contributed by atoms with Crippen LogP contribution >= 0.6 is 0 Å². The molecule has 0 N–H and O–H groups in total. The van der Waals surface area contributed by atoms with E-state index in [1.807, 2.05) is 6.92 Å². The zero-order valence-corrected chi connectivity index (χ0v) is 17.3. The van der Waals surface area contributed by atoms with Crippen LogP contribution < -0.4 is 0 Å². The second kappa shape index (κ2) is 7.52. The number of carbonyl (C=O) groups excluding carboxylic acids is 1. The number of benzene rings is 1. The van der Waals surface area contributed by atoms with Crippen molar-refractivity contribution in [3.05, 3.63) is 29.8 Å². The maximum Gasteiger partial charge on any atom is 0.243 e. The van der Waals surface area contributed by atoms with Crippen LogP contribution in [0, 0.1) is 12.8 Å². The van der Waals surface area contributed by atoms with Gasteiger partial charge in [0.15, 0.2) is 9.84 Å². The molecule has 0 aromatic heterocycles.